The number of hydrogen-bond donors (Lipinski definition) is 1. The Morgan fingerprint density at radius 2 is 1.92 bits per heavy atom. The van der Waals surface area contributed by atoms with Gasteiger partial charge in [0.2, 0.25) is 0 Å². The van der Waals surface area contributed by atoms with Crippen LogP contribution in [0.4, 0.5) is 5.82 Å². The van der Waals surface area contributed by atoms with E-state index in [4.69, 9.17) is 4.74 Å². The molecule has 25 heavy (non-hydrogen) atoms. The van der Waals surface area contributed by atoms with Crippen LogP contribution >= 0.6 is 15.9 Å². The van der Waals surface area contributed by atoms with Crippen molar-refractivity contribution in [1.82, 2.24) is 9.78 Å². The van der Waals surface area contributed by atoms with Crippen LogP contribution < -0.4 is 10.1 Å². The topological polar surface area (TPSA) is 56.1 Å². The van der Waals surface area contributed by atoms with Crippen LogP contribution in [0.3, 0.4) is 0 Å². The number of aryl methyl sites for hydroxylation is 1. The van der Waals surface area contributed by atoms with Gasteiger partial charge in [-0.05, 0) is 40.5 Å². The maximum absolute atomic E-state index is 12.5. The van der Waals surface area contributed by atoms with Crippen LogP contribution in [0.25, 0.3) is 0 Å². The lowest BCUT2D eigenvalue weighted by molar-refractivity contribution is 0.102. The minimum atomic E-state index is -0.265. The van der Waals surface area contributed by atoms with Gasteiger partial charge in [0.1, 0.15) is 5.75 Å². The monoisotopic (exact) mass is 399 g/mol. The summed E-state index contributed by atoms with van der Waals surface area (Å²) in [7, 11) is 1.54. The van der Waals surface area contributed by atoms with Gasteiger partial charge in [0.15, 0.2) is 5.82 Å². The van der Waals surface area contributed by atoms with Crippen LogP contribution in [0.1, 0.15) is 21.5 Å². The maximum atomic E-state index is 12.5. The van der Waals surface area contributed by atoms with Crippen LogP contribution in [0.5, 0.6) is 5.75 Å². The molecule has 1 heterocycles. The minimum Gasteiger partial charge on any atom is -0.496 e. The average Bonchev–Trinajstić information content (AvgIpc) is 2.96. The van der Waals surface area contributed by atoms with E-state index in [0.29, 0.717) is 23.7 Å². The zero-order valence-electron chi connectivity index (χ0n) is 14.0. The molecular weight excluding hydrogens is 382 g/mol. The number of benzene rings is 2. The molecule has 0 aliphatic rings. The first-order chi connectivity index (χ1) is 12.1. The molecular formula is C19H18BrN3O2. The van der Waals surface area contributed by atoms with Gasteiger partial charge in [0, 0.05) is 6.20 Å². The first kappa shape index (κ1) is 17.2. The number of aromatic nitrogens is 2. The molecule has 0 aliphatic heterocycles. The summed E-state index contributed by atoms with van der Waals surface area (Å²) in [5.41, 5.74) is 2.82. The highest BCUT2D eigenvalue weighted by Crippen LogP contribution is 2.24. The lowest BCUT2D eigenvalue weighted by Gasteiger charge is -2.07. The molecule has 3 aromatic rings. The molecule has 5 nitrogen and oxygen atoms in total. The molecule has 0 spiro atoms. The summed E-state index contributed by atoms with van der Waals surface area (Å²) in [6, 6.07) is 15.3. The average molecular weight is 400 g/mol. The third-order valence-electron chi connectivity index (χ3n) is 3.77. The Labute approximate surface area is 154 Å². The quantitative estimate of drug-likeness (QED) is 0.696. The Morgan fingerprint density at radius 3 is 2.64 bits per heavy atom. The van der Waals surface area contributed by atoms with Gasteiger partial charge in [-0.15, -0.1) is 0 Å². The van der Waals surface area contributed by atoms with Gasteiger partial charge in [0.05, 0.1) is 23.7 Å². The van der Waals surface area contributed by atoms with Gasteiger partial charge in [-0.25, -0.2) is 0 Å². The molecule has 0 atom stereocenters. The second kappa shape index (κ2) is 7.53. The lowest BCUT2D eigenvalue weighted by Crippen LogP contribution is -2.14. The zero-order valence-corrected chi connectivity index (χ0v) is 15.6. The van der Waals surface area contributed by atoms with E-state index in [2.05, 4.69) is 57.5 Å². The number of carbonyl (C=O) groups is 1. The lowest BCUT2D eigenvalue weighted by atomic mass is 10.1. The Morgan fingerprint density at radius 1 is 1.20 bits per heavy atom. The number of rotatable bonds is 5. The van der Waals surface area contributed by atoms with Crippen LogP contribution in [-0.4, -0.2) is 22.8 Å². The molecule has 1 N–H and O–H groups in total. The standard InChI is InChI=1S/C19H18BrN3O2/c1-13-7-9-14(10-8-13)11-23-12-16(20)18(22-23)21-19(24)15-5-3-4-6-17(15)25-2/h3-10,12H,11H2,1-2H3,(H,21,22,24). The van der Waals surface area contributed by atoms with Gasteiger partial charge in [-0.3, -0.25) is 9.48 Å². The van der Waals surface area contributed by atoms with E-state index in [-0.39, 0.29) is 5.91 Å². The number of hydrogen-bond acceptors (Lipinski definition) is 3. The normalized spacial score (nSPS) is 10.5. The van der Waals surface area contributed by atoms with E-state index in [9.17, 15) is 4.79 Å². The highest BCUT2D eigenvalue weighted by atomic mass is 79.9. The summed E-state index contributed by atoms with van der Waals surface area (Å²) < 4.78 is 7.74. The van der Waals surface area contributed by atoms with Gasteiger partial charge in [0.25, 0.3) is 5.91 Å². The number of para-hydroxylation sites is 1. The molecule has 0 saturated heterocycles. The number of amides is 1. The summed E-state index contributed by atoms with van der Waals surface area (Å²) in [6.45, 7) is 2.68. The summed E-state index contributed by atoms with van der Waals surface area (Å²) in [5.74, 6) is 0.733. The smallest absolute Gasteiger partial charge is 0.260 e. The molecule has 1 amide bonds. The molecule has 0 aliphatic carbocycles. The van der Waals surface area contributed by atoms with E-state index < -0.39 is 0 Å². The van der Waals surface area contributed by atoms with Crippen molar-refractivity contribution < 1.29 is 9.53 Å². The molecule has 3 rings (SSSR count). The van der Waals surface area contributed by atoms with Crippen molar-refractivity contribution >= 4 is 27.7 Å². The van der Waals surface area contributed by atoms with Crippen LogP contribution in [0, 0.1) is 6.92 Å². The fourth-order valence-electron chi connectivity index (χ4n) is 2.45. The van der Waals surface area contributed by atoms with E-state index in [1.807, 2.05) is 12.3 Å². The number of ether oxygens (including phenoxy) is 1. The fraction of sp³-hybridized carbons (Fsp3) is 0.158. The minimum absolute atomic E-state index is 0.265. The number of halogens is 1. The molecule has 0 unspecified atom stereocenters. The second-order valence-corrected chi connectivity index (χ2v) is 6.52. The Kier molecular flexibility index (Phi) is 5.19. The number of methoxy groups -OCH3 is 1. The van der Waals surface area contributed by atoms with Gasteiger partial charge in [-0.1, -0.05) is 42.0 Å². The van der Waals surface area contributed by atoms with Crippen LogP contribution in [0.2, 0.25) is 0 Å². The Hall–Kier alpha value is -2.60. The van der Waals surface area contributed by atoms with Crippen molar-refractivity contribution in [3.63, 3.8) is 0 Å². The van der Waals surface area contributed by atoms with Crippen molar-refractivity contribution in [3.05, 3.63) is 75.9 Å². The predicted molar refractivity (Wildman–Crippen MR) is 101 cm³/mol. The molecule has 2 aromatic carbocycles. The molecule has 6 heteroatoms. The molecule has 0 fully saturated rings. The molecule has 1 aromatic heterocycles. The van der Waals surface area contributed by atoms with E-state index in [0.717, 1.165) is 10.0 Å². The van der Waals surface area contributed by atoms with Gasteiger partial charge >= 0.3 is 0 Å². The first-order valence-electron chi connectivity index (χ1n) is 7.79. The largest absolute Gasteiger partial charge is 0.496 e. The van der Waals surface area contributed by atoms with Gasteiger partial charge in [-0.2, -0.15) is 5.10 Å². The van der Waals surface area contributed by atoms with Gasteiger partial charge < -0.3 is 10.1 Å². The van der Waals surface area contributed by atoms with Crippen molar-refractivity contribution in [2.45, 2.75) is 13.5 Å². The van der Waals surface area contributed by atoms with E-state index in [1.165, 1.54) is 5.56 Å². The summed E-state index contributed by atoms with van der Waals surface area (Å²) in [4.78, 5) is 12.5. The SMILES string of the molecule is COc1ccccc1C(=O)Nc1nn(Cc2ccc(C)cc2)cc1Br. The summed E-state index contributed by atoms with van der Waals surface area (Å²) in [6.07, 6.45) is 1.84. The van der Waals surface area contributed by atoms with E-state index in [1.54, 1.807) is 30.0 Å². The predicted octanol–water partition coefficient (Wildman–Crippen LogP) is 4.26. The van der Waals surface area contributed by atoms with Crippen LogP contribution in [0.15, 0.2) is 59.2 Å². The van der Waals surface area contributed by atoms with Crippen molar-refractivity contribution in [2.75, 3.05) is 12.4 Å². The first-order valence-corrected chi connectivity index (χ1v) is 8.59. The highest BCUT2D eigenvalue weighted by Gasteiger charge is 2.15. The number of carbonyl (C=O) groups excluding carboxylic acids is 1. The zero-order chi connectivity index (χ0) is 17.8. The molecule has 0 saturated carbocycles. The summed E-state index contributed by atoms with van der Waals surface area (Å²) in [5, 5.41) is 7.26. The number of nitrogens with zero attached hydrogens (tertiary/aromatic N) is 2. The van der Waals surface area contributed by atoms with Crippen molar-refractivity contribution in [3.8, 4) is 5.75 Å². The third-order valence-corrected chi connectivity index (χ3v) is 4.35. The maximum Gasteiger partial charge on any atom is 0.260 e. The number of nitrogens with one attached hydrogen (secondary N) is 1. The molecule has 0 bridgehead atoms. The molecule has 128 valence electrons. The van der Waals surface area contributed by atoms with Crippen LogP contribution in [-0.2, 0) is 6.54 Å². The number of anilines is 1. The fourth-order valence-corrected chi connectivity index (χ4v) is 2.87. The highest BCUT2D eigenvalue weighted by molar-refractivity contribution is 9.10. The Balaban J connectivity index is 1.76. The third kappa shape index (κ3) is 4.09. The summed E-state index contributed by atoms with van der Waals surface area (Å²) >= 11 is 3.45. The molecule has 0 radical (unpaired) electrons. The van der Waals surface area contributed by atoms with Crippen molar-refractivity contribution in [1.29, 1.82) is 0 Å². The second-order valence-electron chi connectivity index (χ2n) is 5.66. The van der Waals surface area contributed by atoms with E-state index >= 15 is 0 Å². The Bertz CT molecular complexity index is 888. The van der Waals surface area contributed by atoms with Crippen molar-refractivity contribution in [2.24, 2.45) is 0 Å².